The van der Waals surface area contributed by atoms with Crippen molar-refractivity contribution in [3.63, 3.8) is 0 Å². The smallest absolute Gasteiger partial charge is 0.243 e. The maximum atomic E-state index is 11.9. The molecule has 0 saturated heterocycles. The van der Waals surface area contributed by atoms with E-state index >= 15 is 0 Å². The normalized spacial score (nSPS) is 15.2. The fraction of sp³-hybridized carbons (Fsp3) is 0.692. The summed E-state index contributed by atoms with van der Waals surface area (Å²) >= 11 is 1.44. The van der Waals surface area contributed by atoms with Gasteiger partial charge in [0.15, 0.2) is 5.13 Å². The van der Waals surface area contributed by atoms with Gasteiger partial charge in [-0.25, -0.2) is 4.98 Å². The summed E-state index contributed by atoms with van der Waals surface area (Å²) in [4.78, 5) is 16.3. The summed E-state index contributed by atoms with van der Waals surface area (Å²) in [6, 6.07) is -0.475. The summed E-state index contributed by atoms with van der Waals surface area (Å²) in [6.07, 6.45) is 0.889. The van der Waals surface area contributed by atoms with Crippen LogP contribution in [0.4, 0.5) is 5.13 Å². The number of nitrogens with one attached hydrogen (secondary N) is 1. The van der Waals surface area contributed by atoms with Gasteiger partial charge >= 0.3 is 0 Å². The third kappa shape index (κ3) is 3.78. The molecule has 18 heavy (non-hydrogen) atoms. The number of aromatic nitrogens is 1. The van der Waals surface area contributed by atoms with Crippen molar-refractivity contribution in [2.45, 2.75) is 52.5 Å². The van der Waals surface area contributed by atoms with E-state index in [2.05, 4.69) is 31.1 Å². The first-order valence-electron chi connectivity index (χ1n) is 6.28. The first-order chi connectivity index (χ1) is 8.25. The van der Waals surface area contributed by atoms with Gasteiger partial charge in [-0.2, -0.15) is 0 Å². The number of rotatable bonds is 4. The second-order valence-corrected chi connectivity index (χ2v) is 6.55. The second-order valence-electron chi connectivity index (χ2n) is 5.69. The van der Waals surface area contributed by atoms with E-state index in [-0.39, 0.29) is 17.2 Å². The number of nitrogens with zero attached hydrogens (tertiary/aromatic N) is 1. The monoisotopic (exact) mass is 269 g/mol. The van der Waals surface area contributed by atoms with Crippen LogP contribution in [0.5, 0.6) is 0 Å². The maximum absolute atomic E-state index is 11.9. The van der Waals surface area contributed by atoms with E-state index in [9.17, 15) is 4.79 Å². The van der Waals surface area contributed by atoms with Gasteiger partial charge in [0.2, 0.25) is 5.91 Å². The molecular weight excluding hydrogens is 246 g/mol. The van der Waals surface area contributed by atoms with Gasteiger partial charge in [-0.1, -0.05) is 41.0 Å². The Labute approximate surface area is 113 Å². The van der Waals surface area contributed by atoms with Crippen molar-refractivity contribution in [1.82, 2.24) is 4.98 Å². The number of carbonyl (C=O) groups is 1. The molecule has 102 valence electrons. The molecule has 1 heterocycles. The van der Waals surface area contributed by atoms with Crippen molar-refractivity contribution in [1.29, 1.82) is 0 Å². The minimum atomic E-state index is -0.475. The summed E-state index contributed by atoms with van der Waals surface area (Å²) in [5, 5.41) is 5.40. The van der Waals surface area contributed by atoms with Crippen LogP contribution in [-0.4, -0.2) is 16.9 Å². The van der Waals surface area contributed by atoms with E-state index in [1.165, 1.54) is 11.3 Å². The van der Waals surface area contributed by atoms with E-state index < -0.39 is 6.04 Å². The van der Waals surface area contributed by atoms with E-state index in [4.69, 9.17) is 5.73 Å². The van der Waals surface area contributed by atoms with Gasteiger partial charge in [0.1, 0.15) is 0 Å². The zero-order chi connectivity index (χ0) is 13.9. The Bertz CT molecular complexity index is 409. The van der Waals surface area contributed by atoms with Crippen LogP contribution in [0.15, 0.2) is 5.38 Å². The van der Waals surface area contributed by atoms with Gasteiger partial charge in [-0.15, -0.1) is 11.3 Å². The third-order valence-electron chi connectivity index (χ3n) is 3.06. The third-order valence-corrected chi connectivity index (χ3v) is 3.82. The Balaban J connectivity index is 2.68. The molecule has 0 aliphatic rings. The summed E-state index contributed by atoms with van der Waals surface area (Å²) in [5.74, 6) is 0.0196. The average Bonchev–Trinajstić information content (AvgIpc) is 2.75. The van der Waals surface area contributed by atoms with Crippen molar-refractivity contribution in [2.75, 3.05) is 5.32 Å². The fourth-order valence-electron chi connectivity index (χ4n) is 1.38. The molecule has 1 aromatic rings. The summed E-state index contributed by atoms with van der Waals surface area (Å²) in [6.45, 7) is 10.3. The predicted molar refractivity (Wildman–Crippen MR) is 76.9 cm³/mol. The molecule has 2 atom stereocenters. The number of anilines is 1. The van der Waals surface area contributed by atoms with Crippen LogP contribution in [0.25, 0.3) is 0 Å². The van der Waals surface area contributed by atoms with Crippen LogP contribution in [-0.2, 0) is 10.2 Å². The Kier molecular flexibility index (Phi) is 4.87. The lowest BCUT2D eigenvalue weighted by atomic mass is 9.93. The molecule has 3 N–H and O–H groups in total. The number of hydrogen-bond donors (Lipinski definition) is 2. The Morgan fingerprint density at radius 2 is 2.17 bits per heavy atom. The highest BCUT2D eigenvalue weighted by molar-refractivity contribution is 7.13. The first kappa shape index (κ1) is 15.1. The minimum absolute atomic E-state index is 0.00168. The molecule has 1 unspecified atom stereocenters. The predicted octanol–water partition coefficient (Wildman–Crippen LogP) is 2.75. The molecular formula is C13H23N3OS. The molecule has 0 bridgehead atoms. The molecule has 0 radical (unpaired) electrons. The van der Waals surface area contributed by atoms with E-state index in [0.717, 1.165) is 12.1 Å². The zero-order valence-electron chi connectivity index (χ0n) is 11.8. The first-order valence-corrected chi connectivity index (χ1v) is 7.16. The molecule has 1 rings (SSSR count). The second kappa shape index (κ2) is 5.80. The molecule has 1 aromatic heterocycles. The number of hydrogen-bond acceptors (Lipinski definition) is 4. The van der Waals surface area contributed by atoms with Gasteiger partial charge < -0.3 is 11.1 Å². The number of nitrogens with two attached hydrogens (primary N) is 1. The van der Waals surface area contributed by atoms with Crippen LogP contribution >= 0.6 is 11.3 Å². The molecule has 0 aliphatic heterocycles. The van der Waals surface area contributed by atoms with Crippen molar-refractivity contribution in [3.8, 4) is 0 Å². The van der Waals surface area contributed by atoms with Crippen LogP contribution in [0.1, 0.15) is 46.7 Å². The summed E-state index contributed by atoms with van der Waals surface area (Å²) < 4.78 is 0. The number of thiazole rings is 1. The minimum Gasteiger partial charge on any atom is -0.320 e. The highest BCUT2D eigenvalue weighted by atomic mass is 32.1. The Morgan fingerprint density at radius 1 is 1.56 bits per heavy atom. The van der Waals surface area contributed by atoms with E-state index in [1.54, 1.807) is 0 Å². The molecule has 0 aliphatic carbocycles. The molecule has 0 saturated carbocycles. The van der Waals surface area contributed by atoms with Gasteiger partial charge in [0, 0.05) is 10.8 Å². The largest absolute Gasteiger partial charge is 0.320 e. The summed E-state index contributed by atoms with van der Waals surface area (Å²) in [5.41, 5.74) is 6.86. The molecule has 5 heteroatoms. The topological polar surface area (TPSA) is 68.0 Å². The molecule has 4 nitrogen and oxygen atoms in total. The zero-order valence-corrected chi connectivity index (χ0v) is 12.6. The lowest BCUT2D eigenvalue weighted by molar-refractivity contribution is -0.118. The van der Waals surface area contributed by atoms with Gasteiger partial charge in [-0.3, -0.25) is 4.79 Å². The lowest BCUT2D eigenvalue weighted by Crippen LogP contribution is -2.40. The van der Waals surface area contributed by atoms with Crippen molar-refractivity contribution < 1.29 is 4.79 Å². The highest BCUT2D eigenvalue weighted by Gasteiger charge is 2.22. The average molecular weight is 269 g/mol. The molecule has 0 fully saturated rings. The van der Waals surface area contributed by atoms with Crippen LogP contribution in [0.3, 0.4) is 0 Å². The Morgan fingerprint density at radius 3 is 2.61 bits per heavy atom. The fourth-order valence-corrected chi connectivity index (χ4v) is 2.32. The van der Waals surface area contributed by atoms with Crippen LogP contribution in [0.2, 0.25) is 0 Å². The van der Waals surface area contributed by atoms with Crippen LogP contribution < -0.4 is 11.1 Å². The van der Waals surface area contributed by atoms with E-state index in [1.807, 2.05) is 19.2 Å². The number of carbonyl (C=O) groups excluding carboxylic acids is 1. The van der Waals surface area contributed by atoms with Gasteiger partial charge in [-0.05, 0) is 5.92 Å². The van der Waals surface area contributed by atoms with Gasteiger partial charge in [0.25, 0.3) is 0 Å². The molecule has 1 amide bonds. The quantitative estimate of drug-likeness (QED) is 0.883. The van der Waals surface area contributed by atoms with Crippen molar-refractivity contribution in [3.05, 3.63) is 11.1 Å². The molecule has 0 spiro atoms. The summed E-state index contributed by atoms with van der Waals surface area (Å²) in [7, 11) is 0. The maximum Gasteiger partial charge on any atom is 0.243 e. The highest BCUT2D eigenvalue weighted by Crippen LogP contribution is 2.26. The van der Waals surface area contributed by atoms with Crippen LogP contribution in [0, 0.1) is 5.92 Å². The lowest BCUT2D eigenvalue weighted by Gasteiger charge is -2.17. The van der Waals surface area contributed by atoms with Crippen molar-refractivity contribution >= 4 is 22.4 Å². The van der Waals surface area contributed by atoms with Gasteiger partial charge in [0.05, 0.1) is 11.7 Å². The SMILES string of the molecule is CCC(C)[C@H](N)C(=O)Nc1nc(C(C)(C)C)cs1. The van der Waals surface area contributed by atoms with E-state index in [0.29, 0.717) is 5.13 Å². The Hall–Kier alpha value is -0.940. The van der Waals surface area contributed by atoms with Crippen molar-refractivity contribution in [2.24, 2.45) is 11.7 Å². The molecule has 0 aromatic carbocycles. The standard InChI is InChI=1S/C13H23N3OS/c1-6-8(2)10(14)11(17)16-12-15-9(7-18-12)13(3,4)5/h7-8,10H,6,14H2,1-5H3,(H,15,16,17)/t8?,10-/m0/s1. The number of amides is 1.